The number of β-amino-alcohol motifs (C(OH)–C–C–N with tert-alkyl or cyclic N) is 1. The molecule has 6 nitrogen and oxygen atoms in total. The van der Waals surface area contributed by atoms with Gasteiger partial charge in [-0.15, -0.1) is 0 Å². The number of benzene rings is 1. The van der Waals surface area contributed by atoms with Crippen molar-refractivity contribution in [2.75, 3.05) is 45.1 Å². The Labute approximate surface area is 123 Å². The van der Waals surface area contributed by atoms with Gasteiger partial charge >= 0.3 is 0 Å². The maximum atomic E-state index is 12.6. The monoisotopic (exact) mass is 288 g/mol. The van der Waals surface area contributed by atoms with E-state index in [0.29, 0.717) is 30.9 Å². The predicted molar refractivity (Wildman–Crippen MR) is 82.1 cm³/mol. The molecule has 0 spiro atoms. The van der Waals surface area contributed by atoms with Gasteiger partial charge in [0.1, 0.15) is 0 Å². The van der Waals surface area contributed by atoms with Crippen molar-refractivity contribution in [2.45, 2.75) is 0 Å². The van der Waals surface area contributed by atoms with Crippen molar-refractivity contribution < 1.29 is 9.90 Å². The molecule has 1 aliphatic heterocycles. The number of hydrogen-bond donors (Lipinski definition) is 3. The fourth-order valence-corrected chi connectivity index (χ4v) is 2.80. The number of nitrogens with zero attached hydrogens (tertiary/aromatic N) is 2. The van der Waals surface area contributed by atoms with Gasteiger partial charge in [0.25, 0.3) is 5.91 Å². The Morgan fingerprint density at radius 2 is 2.05 bits per heavy atom. The van der Waals surface area contributed by atoms with Crippen molar-refractivity contribution in [3.05, 3.63) is 30.0 Å². The van der Waals surface area contributed by atoms with Gasteiger partial charge in [-0.05, 0) is 18.2 Å². The normalized spacial score (nSPS) is 16.5. The summed E-state index contributed by atoms with van der Waals surface area (Å²) in [6, 6.07) is 5.54. The molecule has 112 valence electrons. The summed E-state index contributed by atoms with van der Waals surface area (Å²) in [6.45, 7) is 3.82. The van der Waals surface area contributed by atoms with Gasteiger partial charge in [-0.2, -0.15) is 0 Å². The van der Waals surface area contributed by atoms with Crippen LogP contribution in [0.25, 0.3) is 10.9 Å². The van der Waals surface area contributed by atoms with E-state index in [1.807, 2.05) is 23.1 Å². The van der Waals surface area contributed by atoms with Crippen LogP contribution < -0.4 is 5.73 Å². The van der Waals surface area contributed by atoms with Crippen molar-refractivity contribution in [3.63, 3.8) is 0 Å². The zero-order valence-corrected chi connectivity index (χ0v) is 11.9. The second kappa shape index (κ2) is 5.75. The van der Waals surface area contributed by atoms with Gasteiger partial charge in [-0.25, -0.2) is 0 Å². The number of hydrogen-bond acceptors (Lipinski definition) is 4. The first-order chi connectivity index (χ1) is 10.2. The number of nitrogens with two attached hydrogens (primary N) is 1. The fraction of sp³-hybridized carbons (Fsp3) is 0.400. The third-order valence-electron chi connectivity index (χ3n) is 4.01. The highest BCUT2D eigenvalue weighted by molar-refractivity contribution is 6.07. The number of aromatic amines is 1. The Hall–Kier alpha value is -2.05. The Kier molecular flexibility index (Phi) is 3.81. The summed E-state index contributed by atoms with van der Waals surface area (Å²) in [6.07, 6.45) is 1.76. The molecule has 0 atom stereocenters. The molecule has 1 fully saturated rings. The third kappa shape index (κ3) is 2.72. The van der Waals surface area contributed by atoms with Gasteiger partial charge in [0.2, 0.25) is 0 Å². The molecule has 6 heteroatoms. The smallest absolute Gasteiger partial charge is 0.256 e. The van der Waals surface area contributed by atoms with E-state index in [1.165, 1.54) is 0 Å². The molecule has 4 N–H and O–H groups in total. The van der Waals surface area contributed by atoms with Crippen LogP contribution in [0.2, 0.25) is 0 Å². The summed E-state index contributed by atoms with van der Waals surface area (Å²) in [5, 5.41) is 9.82. The highest BCUT2D eigenvalue weighted by atomic mass is 16.3. The molecule has 21 heavy (non-hydrogen) atoms. The number of carbonyl (C=O) groups excluding carboxylic acids is 1. The quantitative estimate of drug-likeness (QED) is 0.718. The number of aliphatic hydroxyl groups excluding tert-OH is 1. The first-order valence-corrected chi connectivity index (χ1v) is 7.18. The van der Waals surface area contributed by atoms with E-state index in [9.17, 15) is 4.79 Å². The highest BCUT2D eigenvalue weighted by Gasteiger charge is 2.23. The largest absolute Gasteiger partial charge is 0.399 e. The Morgan fingerprint density at radius 3 is 2.76 bits per heavy atom. The number of aliphatic hydroxyl groups is 1. The molecular formula is C15H20N4O2. The number of fused-ring (bicyclic) bond motifs is 1. The summed E-state index contributed by atoms with van der Waals surface area (Å²) in [7, 11) is 0. The van der Waals surface area contributed by atoms with Crippen molar-refractivity contribution in [2.24, 2.45) is 0 Å². The molecule has 0 unspecified atom stereocenters. The van der Waals surface area contributed by atoms with Crippen molar-refractivity contribution in [1.82, 2.24) is 14.8 Å². The van der Waals surface area contributed by atoms with Crippen LogP contribution in [0.15, 0.2) is 24.4 Å². The number of H-pyrrole nitrogens is 1. The van der Waals surface area contributed by atoms with Gasteiger partial charge in [-0.1, -0.05) is 0 Å². The average molecular weight is 288 g/mol. The minimum absolute atomic E-state index is 0.0375. The topological polar surface area (TPSA) is 85.6 Å². The second-order valence-electron chi connectivity index (χ2n) is 5.36. The number of nitrogen functional groups attached to an aromatic ring is 1. The maximum Gasteiger partial charge on any atom is 0.256 e. The van der Waals surface area contributed by atoms with Gasteiger partial charge < -0.3 is 20.7 Å². The first kappa shape index (κ1) is 13.9. The highest BCUT2D eigenvalue weighted by Crippen LogP contribution is 2.22. The fourth-order valence-electron chi connectivity index (χ4n) is 2.80. The standard InChI is InChI=1S/C15H20N4O2/c16-11-1-2-14-12(9-11)13(10-17-14)15(21)19-5-3-18(4-6-19)7-8-20/h1-2,9-10,17,20H,3-8,16H2. The molecule has 2 aromatic rings. The van der Waals surface area contributed by atoms with E-state index in [2.05, 4.69) is 9.88 Å². The lowest BCUT2D eigenvalue weighted by atomic mass is 10.1. The van der Waals surface area contributed by atoms with E-state index in [0.717, 1.165) is 24.0 Å². The maximum absolute atomic E-state index is 12.6. The number of rotatable bonds is 3. The SMILES string of the molecule is Nc1ccc2[nH]cc(C(=O)N3CCN(CCO)CC3)c2c1. The minimum atomic E-state index is 0.0375. The lowest BCUT2D eigenvalue weighted by Crippen LogP contribution is -2.49. The lowest BCUT2D eigenvalue weighted by molar-refractivity contribution is 0.0617. The Balaban J connectivity index is 1.77. The summed E-state index contributed by atoms with van der Waals surface area (Å²) >= 11 is 0. The van der Waals surface area contributed by atoms with E-state index >= 15 is 0 Å². The van der Waals surface area contributed by atoms with Crippen molar-refractivity contribution in [1.29, 1.82) is 0 Å². The van der Waals surface area contributed by atoms with Gasteiger partial charge in [0.15, 0.2) is 0 Å². The summed E-state index contributed by atoms with van der Waals surface area (Å²) < 4.78 is 0. The van der Waals surface area contributed by atoms with Crippen LogP contribution in [0.3, 0.4) is 0 Å². The number of amides is 1. The molecule has 1 aromatic carbocycles. The van der Waals surface area contributed by atoms with Gasteiger partial charge in [0, 0.05) is 55.5 Å². The lowest BCUT2D eigenvalue weighted by Gasteiger charge is -2.34. The van der Waals surface area contributed by atoms with Crippen molar-refractivity contribution >= 4 is 22.5 Å². The second-order valence-corrected chi connectivity index (χ2v) is 5.36. The molecule has 1 amide bonds. The van der Waals surface area contributed by atoms with E-state index in [1.54, 1.807) is 6.20 Å². The average Bonchev–Trinajstić information content (AvgIpc) is 2.90. The van der Waals surface area contributed by atoms with Crippen LogP contribution in [0.5, 0.6) is 0 Å². The molecule has 1 aromatic heterocycles. The first-order valence-electron chi connectivity index (χ1n) is 7.18. The Bertz CT molecular complexity index is 644. The molecular weight excluding hydrogens is 268 g/mol. The minimum Gasteiger partial charge on any atom is -0.399 e. The number of piperazine rings is 1. The van der Waals surface area contributed by atoms with Crippen molar-refractivity contribution in [3.8, 4) is 0 Å². The van der Waals surface area contributed by atoms with Crippen LogP contribution in [0.4, 0.5) is 5.69 Å². The van der Waals surface area contributed by atoms with Gasteiger partial charge in [-0.3, -0.25) is 9.69 Å². The Morgan fingerprint density at radius 1 is 1.29 bits per heavy atom. The summed E-state index contributed by atoms with van der Waals surface area (Å²) in [5.41, 5.74) is 8.07. The predicted octanol–water partition coefficient (Wildman–Crippen LogP) is 0.500. The molecule has 3 rings (SSSR count). The molecule has 1 saturated heterocycles. The van der Waals surface area contributed by atoms with Crippen LogP contribution >= 0.6 is 0 Å². The number of nitrogens with one attached hydrogen (secondary N) is 1. The number of anilines is 1. The van der Waals surface area contributed by atoms with Crippen LogP contribution in [0.1, 0.15) is 10.4 Å². The molecule has 0 saturated carbocycles. The van der Waals surface area contributed by atoms with Gasteiger partial charge in [0.05, 0.1) is 12.2 Å². The van der Waals surface area contributed by atoms with E-state index in [4.69, 9.17) is 10.8 Å². The van der Waals surface area contributed by atoms with Crippen LogP contribution in [-0.4, -0.2) is 65.1 Å². The number of aromatic nitrogens is 1. The molecule has 0 aliphatic carbocycles. The summed E-state index contributed by atoms with van der Waals surface area (Å²) in [4.78, 5) is 19.8. The van der Waals surface area contributed by atoms with Crippen LogP contribution in [0, 0.1) is 0 Å². The third-order valence-corrected chi connectivity index (χ3v) is 4.01. The summed E-state index contributed by atoms with van der Waals surface area (Å²) in [5.74, 6) is 0.0375. The molecule has 0 radical (unpaired) electrons. The zero-order chi connectivity index (χ0) is 14.8. The molecule has 2 heterocycles. The number of carbonyl (C=O) groups is 1. The van der Waals surface area contributed by atoms with E-state index < -0.39 is 0 Å². The zero-order valence-electron chi connectivity index (χ0n) is 11.9. The van der Waals surface area contributed by atoms with Crippen LogP contribution in [-0.2, 0) is 0 Å². The van der Waals surface area contributed by atoms with E-state index in [-0.39, 0.29) is 12.5 Å². The molecule has 1 aliphatic rings. The molecule has 0 bridgehead atoms.